The van der Waals surface area contributed by atoms with Gasteiger partial charge in [-0.3, -0.25) is 4.79 Å². The minimum absolute atomic E-state index is 0.0822. The monoisotopic (exact) mass is 445 g/mol. The summed E-state index contributed by atoms with van der Waals surface area (Å²) in [6.45, 7) is 5.35. The Morgan fingerprint density at radius 3 is 2.41 bits per heavy atom. The molecule has 0 saturated heterocycles. The second-order valence-corrected chi connectivity index (χ2v) is 9.02. The molecule has 27 heavy (non-hydrogen) atoms. The molecule has 0 saturated carbocycles. The molecule has 10 heteroatoms. The first-order valence-corrected chi connectivity index (χ1v) is 12.0. The largest absolute Gasteiger partial charge is 0.343 e. The second-order valence-electron chi connectivity index (χ2n) is 5.47. The molecule has 1 amide bonds. The molecule has 0 bridgehead atoms. The van der Waals surface area contributed by atoms with Crippen molar-refractivity contribution in [2.24, 2.45) is 0 Å². The second kappa shape index (κ2) is 11.7. The highest BCUT2D eigenvalue weighted by atomic mass is 35.5. The molecule has 0 spiro atoms. The highest BCUT2D eigenvalue weighted by molar-refractivity contribution is 8.00. The van der Waals surface area contributed by atoms with Crippen LogP contribution in [0.15, 0.2) is 39.5 Å². The zero-order chi connectivity index (χ0) is 19.6. The Morgan fingerprint density at radius 2 is 1.74 bits per heavy atom. The van der Waals surface area contributed by atoms with Crippen LogP contribution in [-0.4, -0.2) is 56.0 Å². The van der Waals surface area contributed by atoms with Gasteiger partial charge in [-0.15, -0.1) is 22.0 Å². The van der Waals surface area contributed by atoms with Crippen LogP contribution in [0.5, 0.6) is 0 Å². The number of benzene rings is 1. The first kappa shape index (κ1) is 22.3. The van der Waals surface area contributed by atoms with E-state index in [1.807, 2.05) is 38.1 Å². The zero-order valence-electron chi connectivity index (χ0n) is 15.4. The van der Waals surface area contributed by atoms with Crippen molar-refractivity contribution in [3.05, 3.63) is 29.3 Å². The van der Waals surface area contributed by atoms with Crippen molar-refractivity contribution in [2.75, 3.05) is 36.2 Å². The minimum atomic E-state index is 0.0822. The Morgan fingerprint density at radius 1 is 1.11 bits per heavy atom. The molecule has 1 aromatic heterocycles. The quantitative estimate of drug-likeness (QED) is 0.319. The number of carbonyl (C=O) groups is 1. The lowest BCUT2D eigenvalue weighted by Crippen LogP contribution is -2.32. The average Bonchev–Trinajstić information content (AvgIpc) is 3.02. The van der Waals surface area contributed by atoms with Gasteiger partial charge in [-0.25, -0.2) is 4.68 Å². The molecule has 0 aliphatic rings. The topological polar surface area (TPSA) is 77.0 Å². The lowest BCUT2D eigenvalue weighted by molar-refractivity contribution is -0.127. The summed E-state index contributed by atoms with van der Waals surface area (Å²) in [7, 11) is 0. The van der Waals surface area contributed by atoms with E-state index in [-0.39, 0.29) is 5.91 Å². The lowest BCUT2D eigenvalue weighted by atomic mass is 10.4. The number of aromatic nitrogens is 3. The van der Waals surface area contributed by atoms with Crippen LogP contribution in [0.4, 0.5) is 0 Å². The van der Waals surface area contributed by atoms with Gasteiger partial charge < -0.3 is 10.7 Å². The van der Waals surface area contributed by atoms with Crippen molar-refractivity contribution in [1.29, 1.82) is 0 Å². The summed E-state index contributed by atoms with van der Waals surface area (Å²) in [6, 6.07) is 7.85. The summed E-state index contributed by atoms with van der Waals surface area (Å²) >= 11 is 10.8. The molecule has 0 aliphatic heterocycles. The number of nitrogens with zero attached hydrogens (tertiary/aromatic N) is 4. The minimum Gasteiger partial charge on any atom is -0.343 e. The van der Waals surface area contributed by atoms with Gasteiger partial charge in [0.2, 0.25) is 16.2 Å². The van der Waals surface area contributed by atoms with E-state index in [1.165, 1.54) is 16.4 Å². The summed E-state index contributed by atoms with van der Waals surface area (Å²) in [6.07, 6.45) is 0.996. The normalized spacial score (nSPS) is 10.9. The highest BCUT2D eigenvalue weighted by Crippen LogP contribution is 2.28. The number of rotatable bonds is 11. The van der Waals surface area contributed by atoms with Crippen LogP contribution in [0.25, 0.3) is 0 Å². The predicted molar refractivity (Wildman–Crippen MR) is 116 cm³/mol. The first-order chi connectivity index (χ1) is 13.1. The molecule has 2 rings (SSSR count). The Bertz CT molecular complexity index is 739. The van der Waals surface area contributed by atoms with Crippen molar-refractivity contribution in [3.63, 3.8) is 0 Å². The Balaban J connectivity index is 1.73. The van der Waals surface area contributed by atoms with Gasteiger partial charge in [0.15, 0.2) is 0 Å². The van der Waals surface area contributed by atoms with Gasteiger partial charge in [0, 0.05) is 23.7 Å². The standard InChI is InChI=1S/C17H24ClN5OS3/c1-3-22(4-2)15(24)12-27-17-21-20-16(23(17)19)26-11-7-10-25-14-9-6-5-8-13(14)18/h5-6,8-9H,3-4,7,10-12,19H2,1-2H3. The third-order valence-corrected chi connectivity index (χ3v) is 7.25. The van der Waals surface area contributed by atoms with Gasteiger partial charge in [0.1, 0.15) is 0 Å². The molecular formula is C17H24ClN5OS3. The number of nitrogen functional groups attached to an aromatic ring is 1. The SMILES string of the molecule is CCN(CC)C(=O)CSc1nnc(SCCCSc2ccccc2Cl)n1N. The molecule has 2 aromatic rings. The number of halogens is 1. The fourth-order valence-electron chi connectivity index (χ4n) is 2.22. The predicted octanol–water partition coefficient (Wildman–Crippen LogP) is 3.88. The third-order valence-electron chi connectivity index (χ3n) is 3.69. The van der Waals surface area contributed by atoms with Gasteiger partial charge in [-0.05, 0) is 38.2 Å². The fraction of sp³-hybridized carbons (Fsp3) is 0.471. The van der Waals surface area contributed by atoms with Crippen LogP contribution in [0, 0.1) is 0 Å². The Kier molecular flexibility index (Phi) is 9.67. The van der Waals surface area contributed by atoms with Crippen LogP contribution in [0.3, 0.4) is 0 Å². The van der Waals surface area contributed by atoms with Crippen LogP contribution in [0.2, 0.25) is 5.02 Å². The Hall–Kier alpha value is -1.03. The molecule has 2 N–H and O–H groups in total. The van der Waals surface area contributed by atoms with Crippen molar-refractivity contribution < 1.29 is 4.79 Å². The lowest BCUT2D eigenvalue weighted by Gasteiger charge is -2.17. The third kappa shape index (κ3) is 6.81. The van der Waals surface area contributed by atoms with E-state index in [2.05, 4.69) is 10.2 Å². The van der Waals surface area contributed by atoms with E-state index >= 15 is 0 Å². The van der Waals surface area contributed by atoms with E-state index in [0.29, 0.717) is 29.2 Å². The smallest absolute Gasteiger partial charge is 0.233 e. The molecule has 0 fully saturated rings. The van der Waals surface area contributed by atoms with Crippen molar-refractivity contribution >= 4 is 52.8 Å². The molecular weight excluding hydrogens is 422 g/mol. The summed E-state index contributed by atoms with van der Waals surface area (Å²) in [5, 5.41) is 10.2. The fourth-order valence-corrected chi connectivity index (χ4v) is 5.20. The molecule has 1 aromatic carbocycles. The number of carbonyl (C=O) groups excluding carboxylic acids is 1. The van der Waals surface area contributed by atoms with Gasteiger partial charge in [0.05, 0.1) is 10.8 Å². The maximum Gasteiger partial charge on any atom is 0.233 e. The van der Waals surface area contributed by atoms with E-state index in [4.69, 9.17) is 17.4 Å². The number of nitrogens with two attached hydrogens (primary N) is 1. The van der Waals surface area contributed by atoms with Crippen LogP contribution in [0.1, 0.15) is 20.3 Å². The summed E-state index contributed by atoms with van der Waals surface area (Å²) in [5.41, 5.74) is 0. The molecule has 148 valence electrons. The van der Waals surface area contributed by atoms with Crippen LogP contribution < -0.4 is 5.84 Å². The van der Waals surface area contributed by atoms with E-state index in [0.717, 1.165) is 27.8 Å². The maximum atomic E-state index is 12.1. The molecule has 1 heterocycles. The Labute approximate surface area is 178 Å². The van der Waals surface area contributed by atoms with Crippen molar-refractivity contribution in [3.8, 4) is 0 Å². The maximum absolute atomic E-state index is 12.1. The van der Waals surface area contributed by atoms with Crippen LogP contribution >= 0.6 is 46.9 Å². The first-order valence-electron chi connectivity index (χ1n) is 8.68. The zero-order valence-corrected chi connectivity index (χ0v) is 18.6. The van der Waals surface area contributed by atoms with Gasteiger partial charge >= 0.3 is 0 Å². The van der Waals surface area contributed by atoms with E-state index < -0.39 is 0 Å². The van der Waals surface area contributed by atoms with E-state index in [1.54, 1.807) is 28.4 Å². The van der Waals surface area contributed by atoms with Gasteiger partial charge in [-0.1, -0.05) is 47.3 Å². The summed E-state index contributed by atoms with van der Waals surface area (Å²) in [4.78, 5) is 15.0. The van der Waals surface area contributed by atoms with Crippen molar-refractivity contribution in [1.82, 2.24) is 19.8 Å². The molecule has 0 unspecified atom stereocenters. The highest BCUT2D eigenvalue weighted by Gasteiger charge is 2.15. The summed E-state index contributed by atoms with van der Waals surface area (Å²) in [5.74, 6) is 8.31. The number of amides is 1. The van der Waals surface area contributed by atoms with Gasteiger partial charge in [0.25, 0.3) is 0 Å². The van der Waals surface area contributed by atoms with Crippen LogP contribution in [-0.2, 0) is 4.79 Å². The molecule has 0 radical (unpaired) electrons. The van der Waals surface area contributed by atoms with E-state index in [9.17, 15) is 4.79 Å². The molecule has 6 nitrogen and oxygen atoms in total. The average molecular weight is 446 g/mol. The molecule has 0 aliphatic carbocycles. The molecule has 0 atom stereocenters. The summed E-state index contributed by atoms with van der Waals surface area (Å²) < 4.78 is 1.46. The number of hydrogen-bond acceptors (Lipinski definition) is 7. The van der Waals surface area contributed by atoms with Gasteiger partial charge in [-0.2, -0.15) is 0 Å². The number of hydrogen-bond donors (Lipinski definition) is 1. The number of thioether (sulfide) groups is 3. The van der Waals surface area contributed by atoms with Crippen molar-refractivity contribution in [2.45, 2.75) is 35.5 Å².